The van der Waals surface area contributed by atoms with E-state index in [9.17, 15) is 10.1 Å². The Hall–Kier alpha value is -0.940. The van der Waals surface area contributed by atoms with Crippen LogP contribution in [0.25, 0.3) is 0 Å². The standard InChI is InChI=1S/C14H21BrN2O2/c1-4-10(2)7-11(3)16-9-12-5-6-13(17(18)19)8-14(12)15/h5-6,8,10-11,16H,4,7,9H2,1-3H3. The van der Waals surface area contributed by atoms with Gasteiger partial charge in [0.25, 0.3) is 5.69 Å². The van der Waals surface area contributed by atoms with Gasteiger partial charge < -0.3 is 5.32 Å². The van der Waals surface area contributed by atoms with Crippen molar-refractivity contribution in [3.8, 4) is 0 Å². The molecule has 4 nitrogen and oxygen atoms in total. The quantitative estimate of drug-likeness (QED) is 0.600. The Morgan fingerprint density at radius 2 is 2.11 bits per heavy atom. The maximum absolute atomic E-state index is 10.7. The molecule has 1 N–H and O–H groups in total. The maximum atomic E-state index is 10.7. The van der Waals surface area contributed by atoms with Gasteiger partial charge in [-0.05, 0) is 30.9 Å². The summed E-state index contributed by atoms with van der Waals surface area (Å²) in [5.74, 6) is 0.711. The largest absolute Gasteiger partial charge is 0.310 e. The third-order valence-corrected chi connectivity index (χ3v) is 4.08. The van der Waals surface area contributed by atoms with Crippen LogP contribution >= 0.6 is 15.9 Å². The Labute approximate surface area is 122 Å². The third kappa shape index (κ3) is 5.28. The minimum atomic E-state index is -0.381. The minimum absolute atomic E-state index is 0.114. The van der Waals surface area contributed by atoms with Crippen LogP contribution in [-0.2, 0) is 6.54 Å². The van der Waals surface area contributed by atoms with Crippen LogP contribution in [0.3, 0.4) is 0 Å². The lowest BCUT2D eigenvalue weighted by atomic mass is 10.0. The van der Waals surface area contributed by atoms with E-state index in [2.05, 4.69) is 42.0 Å². The summed E-state index contributed by atoms with van der Waals surface area (Å²) in [6.07, 6.45) is 2.33. The number of hydrogen-bond acceptors (Lipinski definition) is 3. The smallest absolute Gasteiger partial charge is 0.270 e. The van der Waals surface area contributed by atoms with Crippen molar-refractivity contribution in [1.82, 2.24) is 5.32 Å². The first-order valence-corrected chi connectivity index (χ1v) is 7.39. The number of non-ortho nitro benzene ring substituents is 1. The molecule has 1 rings (SSSR count). The predicted molar refractivity (Wildman–Crippen MR) is 81.2 cm³/mol. The van der Waals surface area contributed by atoms with Crippen LogP contribution in [0.5, 0.6) is 0 Å². The summed E-state index contributed by atoms with van der Waals surface area (Å²) in [5, 5.41) is 14.1. The van der Waals surface area contributed by atoms with Gasteiger partial charge in [-0.25, -0.2) is 0 Å². The van der Waals surface area contributed by atoms with E-state index in [0.717, 1.165) is 23.0 Å². The van der Waals surface area contributed by atoms with Gasteiger partial charge in [0, 0.05) is 29.2 Å². The number of nitrogens with one attached hydrogen (secondary N) is 1. The molecule has 2 unspecified atom stereocenters. The molecule has 2 atom stereocenters. The van der Waals surface area contributed by atoms with Crippen molar-refractivity contribution in [3.63, 3.8) is 0 Å². The maximum Gasteiger partial charge on any atom is 0.270 e. The Balaban J connectivity index is 2.56. The summed E-state index contributed by atoms with van der Waals surface area (Å²) >= 11 is 3.39. The zero-order valence-corrected chi connectivity index (χ0v) is 13.2. The number of nitro groups is 1. The summed E-state index contributed by atoms with van der Waals surface area (Å²) < 4.78 is 0.782. The van der Waals surface area contributed by atoms with Gasteiger partial charge in [0.15, 0.2) is 0 Å². The van der Waals surface area contributed by atoms with Crippen LogP contribution in [0, 0.1) is 16.0 Å². The SMILES string of the molecule is CCC(C)CC(C)NCc1ccc([N+](=O)[O-])cc1Br. The highest BCUT2D eigenvalue weighted by Crippen LogP contribution is 2.23. The van der Waals surface area contributed by atoms with E-state index in [1.165, 1.54) is 6.42 Å². The number of rotatable bonds is 7. The zero-order valence-electron chi connectivity index (χ0n) is 11.6. The average molecular weight is 329 g/mol. The Morgan fingerprint density at radius 1 is 1.42 bits per heavy atom. The number of nitro benzene ring substituents is 1. The molecule has 106 valence electrons. The Bertz CT molecular complexity index is 437. The van der Waals surface area contributed by atoms with E-state index in [1.54, 1.807) is 18.2 Å². The van der Waals surface area contributed by atoms with E-state index in [-0.39, 0.29) is 10.6 Å². The van der Waals surface area contributed by atoms with Crippen molar-refractivity contribution in [3.05, 3.63) is 38.3 Å². The van der Waals surface area contributed by atoms with Crippen molar-refractivity contribution in [1.29, 1.82) is 0 Å². The zero-order chi connectivity index (χ0) is 14.4. The van der Waals surface area contributed by atoms with Gasteiger partial charge in [0.1, 0.15) is 0 Å². The molecule has 0 aliphatic heterocycles. The number of hydrogen-bond donors (Lipinski definition) is 1. The third-order valence-electron chi connectivity index (χ3n) is 3.34. The van der Waals surface area contributed by atoms with Crippen LogP contribution in [0.4, 0.5) is 5.69 Å². The van der Waals surface area contributed by atoms with Crippen LogP contribution in [0.1, 0.15) is 39.2 Å². The molecule has 19 heavy (non-hydrogen) atoms. The van der Waals surface area contributed by atoms with Crippen molar-refractivity contribution in [2.45, 2.75) is 46.2 Å². The molecule has 0 spiro atoms. The fourth-order valence-corrected chi connectivity index (χ4v) is 2.44. The van der Waals surface area contributed by atoms with Gasteiger partial charge in [-0.1, -0.05) is 36.2 Å². The Kier molecular flexibility index (Phi) is 6.45. The van der Waals surface area contributed by atoms with Crippen LogP contribution in [-0.4, -0.2) is 11.0 Å². The first-order valence-electron chi connectivity index (χ1n) is 6.60. The molecule has 0 radical (unpaired) electrons. The van der Waals surface area contributed by atoms with Crippen LogP contribution < -0.4 is 5.32 Å². The highest BCUT2D eigenvalue weighted by molar-refractivity contribution is 9.10. The molecule has 1 aromatic rings. The highest BCUT2D eigenvalue weighted by Gasteiger charge is 2.11. The lowest BCUT2D eigenvalue weighted by molar-refractivity contribution is -0.384. The second-order valence-corrected chi connectivity index (χ2v) is 5.92. The number of nitrogens with zero attached hydrogens (tertiary/aromatic N) is 1. The van der Waals surface area contributed by atoms with Crippen molar-refractivity contribution in [2.24, 2.45) is 5.92 Å². The monoisotopic (exact) mass is 328 g/mol. The van der Waals surface area contributed by atoms with E-state index in [4.69, 9.17) is 0 Å². The molecule has 0 aromatic heterocycles. The fraction of sp³-hybridized carbons (Fsp3) is 0.571. The molecular formula is C14H21BrN2O2. The molecule has 0 saturated carbocycles. The van der Waals surface area contributed by atoms with Crippen molar-refractivity contribution >= 4 is 21.6 Å². The molecule has 0 heterocycles. The number of benzene rings is 1. The summed E-state index contributed by atoms with van der Waals surface area (Å²) in [4.78, 5) is 10.3. The summed E-state index contributed by atoms with van der Waals surface area (Å²) in [6.45, 7) is 7.34. The van der Waals surface area contributed by atoms with Gasteiger partial charge in [-0.15, -0.1) is 0 Å². The first kappa shape index (κ1) is 16.1. The van der Waals surface area contributed by atoms with Crippen molar-refractivity contribution < 1.29 is 4.92 Å². The van der Waals surface area contributed by atoms with E-state index >= 15 is 0 Å². The van der Waals surface area contributed by atoms with Crippen LogP contribution in [0.2, 0.25) is 0 Å². The van der Waals surface area contributed by atoms with Gasteiger partial charge in [0.05, 0.1) is 4.92 Å². The van der Waals surface area contributed by atoms with Gasteiger partial charge >= 0.3 is 0 Å². The van der Waals surface area contributed by atoms with Gasteiger partial charge in [0.2, 0.25) is 0 Å². The first-order chi connectivity index (χ1) is 8.93. The normalized spacial score (nSPS) is 14.1. The molecule has 0 aliphatic rings. The molecule has 5 heteroatoms. The summed E-state index contributed by atoms with van der Waals surface area (Å²) in [7, 11) is 0. The lowest BCUT2D eigenvalue weighted by Gasteiger charge is -2.18. The topological polar surface area (TPSA) is 55.2 Å². The van der Waals surface area contributed by atoms with E-state index in [1.807, 2.05) is 0 Å². The van der Waals surface area contributed by atoms with E-state index in [0.29, 0.717) is 12.0 Å². The Morgan fingerprint density at radius 3 is 2.63 bits per heavy atom. The number of halogens is 1. The molecule has 0 saturated heterocycles. The fourth-order valence-electron chi connectivity index (χ4n) is 1.93. The van der Waals surface area contributed by atoms with E-state index < -0.39 is 0 Å². The summed E-state index contributed by atoms with van der Waals surface area (Å²) in [5.41, 5.74) is 1.16. The average Bonchev–Trinajstić information content (AvgIpc) is 2.36. The molecule has 0 fully saturated rings. The van der Waals surface area contributed by atoms with Crippen molar-refractivity contribution in [2.75, 3.05) is 0 Å². The second kappa shape index (κ2) is 7.60. The molecule has 0 bridgehead atoms. The lowest BCUT2D eigenvalue weighted by Crippen LogP contribution is -2.27. The van der Waals surface area contributed by atoms with Gasteiger partial charge in [-0.3, -0.25) is 10.1 Å². The summed E-state index contributed by atoms with van der Waals surface area (Å²) in [6, 6.07) is 5.33. The van der Waals surface area contributed by atoms with Crippen LogP contribution in [0.15, 0.2) is 22.7 Å². The minimum Gasteiger partial charge on any atom is -0.310 e. The second-order valence-electron chi connectivity index (χ2n) is 5.06. The predicted octanol–water partition coefficient (Wildman–Crippen LogP) is 4.27. The van der Waals surface area contributed by atoms with Gasteiger partial charge in [-0.2, -0.15) is 0 Å². The molecule has 0 amide bonds. The molecule has 0 aliphatic carbocycles. The highest BCUT2D eigenvalue weighted by atomic mass is 79.9. The molecular weight excluding hydrogens is 308 g/mol. The molecule has 1 aromatic carbocycles.